The average Bonchev–Trinajstić information content (AvgIpc) is 3.18. The van der Waals surface area contributed by atoms with Gasteiger partial charge in [-0.1, -0.05) is 0 Å². The van der Waals surface area contributed by atoms with E-state index in [4.69, 9.17) is 4.74 Å². The fourth-order valence-corrected chi connectivity index (χ4v) is 2.24. The fourth-order valence-electron chi connectivity index (χ4n) is 1.39. The summed E-state index contributed by atoms with van der Waals surface area (Å²) < 4.78 is 4.78. The number of thioether (sulfide) groups is 1. The largest absolute Gasteiger partial charge is 0.468 e. The Kier molecular flexibility index (Phi) is 4.33. The first kappa shape index (κ1) is 12.3. The Morgan fingerprint density at radius 3 is 3.12 bits per heavy atom. The molecule has 0 spiro atoms. The van der Waals surface area contributed by atoms with Crippen LogP contribution in [0.3, 0.4) is 0 Å². The Labute approximate surface area is 104 Å². The number of nitrogens with zero attached hydrogens (tertiary/aromatic N) is 2. The van der Waals surface area contributed by atoms with Crippen molar-refractivity contribution in [2.75, 3.05) is 12.9 Å². The molecular formula is C11H15N3O2S. The van der Waals surface area contributed by atoms with Crippen molar-refractivity contribution in [1.29, 1.82) is 0 Å². The van der Waals surface area contributed by atoms with Crippen LogP contribution in [0.2, 0.25) is 0 Å². The van der Waals surface area contributed by atoms with E-state index in [2.05, 4.69) is 15.3 Å². The molecule has 1 aromatic heterocycles. The molecule has 0 amide bonds. The summed E-state index contributed by atoms with van der Waals surface area (Å²) in [4.78, 5) is 19.5. The van der Waals surface area contributed by atoms with Crippen molar-refractivity contribution < 1.29 is 9.53 Å². The van der Waals surface area contributed by atoms with Crippen LogP contribution in [0.4, 0.5) is 0 Å². The molecule has 0 bridgehead atoms. The number of esters is 1. The lowest BCUT2D eigenvalue weighted by Gasteiger charge is -2.15. The van der Waals surface area contributed by atoms with Gasteiger partial charge in [0.1, 0.15) is 12.4 Å². The van der Waals surface area contributed by atoms with E-state index in [1.807, 2.05) is 6.07 Å². The third-order valence-corrected chi connectivity index (χ3v) is 3.49. The van der Waals surface area contributed by atoms with E-state index in [0.717, 1.165) is 17.9 Å². The molecule has 1 heterocycles. The lowest BCUT2D eigenvalue weighted by atomic mass is 10.3. The topological polar surface area (TPSA) is 64.1 Å². The summed E-state index contributed by atoms with van der Waals surface area (Å²) in [5, 5.41) is 4.14. The molecule has 1 atom stereocenters. The van der Waals surface area contributed by atoms with Crippen LogP contribution in [0.15, 0.2) is 23.6 Å². The quantitative estimate of drug-likeness (QED) is 0.461. The molecule has 0 radical (unpaired) electrons. The second kappa shape index (κ2) is 5.97. The molecule has 0 aromatic carbocycles. The van der Waals surface area contributed by atoms with Gasteiger partial charge in [-0.3, -0.25) is 4.79 Å². The first-order chi connectivity index (χ1) is 8.29. The molecule has 1 aromatic rings. The number of methoxy groups -OCH3 is 1. The summed E-state index contributed by atoms with van der Waals surface area (Å²) in [6.07, 6.45) is 5.48. The molecule has 0 aliphatic heterocycles. The molecule has 1 fully saturated rings. The molecule has 92 valence electrons. The van der Waals surface area contributed by atoms with E-state index in [0.29, 0.717) is 11.8 Å². The second-order valence-electron chi connectivity index (χ2n) is 3.88. The van der Waals surface area contributed by atoms with Crippen LogP contribution in [0.25, 0.3) is 0 Å². The molecule has 6 heteroatoms. The normalized spacial score (nSPS) is 16.5. The van der Waals surface area contributed by atoms with E-state index in [1.54, 1.807) is 6.20 Å². The summed E-state index contributed by atoms with van der Waals surface area (Å²) in [7, 11) is 1.42. The highest BCUT2D eigenvalue weighted by Gasteiger charge is 2.28. The predicted octanol–water partition coefficient (Wildman–Crippen LogP) is 0.862. The molecular weight excluding hydrogens is 238 g/mol. The number of rotatable bonds is 6. The molecule has 5 nitrogen and oxygen atoms in total. The second-order valence-corrected chi connectivity index (χ2v) is 4.92. The van der Waals surface area contributed by atoms with Crippen LogP contribution in [0.5, 0.6) is 0 Å². The third-order valence-electron chi connectivity index (χ3n) is 2.45. The fraction of sp³-hybridized carbons (Fsp3) is 0.545. The smallest absolute Gasteiger partial charge is 0.323 e. The number of ether oxygens (including phenoxy) is 1. The van der Waals surface area contributed by atoms with E-state index in [9.17, 15) is 4.79 Å². The summed E-state index contributed by atoms with van der Waals surface area (Å²) in [5.41, 5.74) is 0. The third kappa shape index (κ3) is 3.98. The minimum Gasteiger partial charge on any atom is -0.468 e. The molecule has 0 saturated heterocycles. The van der Waals surface area contributed by atoms with Gasteiger partial charge >= 0.3 is 5.97 Å². The highest BCUT2D eigenvalue weighted by atomic mass is 32.2. The van der Waals surface area contributed by atoms with Crippen molar-refractivity contribution >= 4 is 17.7 Å². The molecule has 1 aliphatic rings. The number of carbonyl (C=O) groups excluding carboxylic acids is 1. The highest BCUT2D eigenvalue weighted by Crippen LogP contribution is 2.22. The van der Waals surface area contributed by atoms with Gasteiger partial charge in [0.2, 0.25) is 0 Å². The van der Waals surface area contributed by atoms with Crippen LogP contribution in [0, 0.1) is 0 Å². The lowest BCUT2D eigenvalue weighted by Crippen LogP contribution is -2.41. The van der Waals surface area contributed by atoms with Gasteiger partial charge in [-0.15, -0.1) is 11.8 Å². The van der Waals surface area contributed by atoms with E-state index >= 15 is 0 Å². The van der Waals surface area contributed by atoms with Crippen LogP contribution in [-0.2, 0) is 9.53 Å². The average molecular weight is 253 g/mol. The van der Waals surface area contributed by atoms with Crippen LogP contribution < -0.4 is 5.32 Å². The number of aromatic nitrogens is 2. The van der Waals surface area contributed by atoms with Crippen molar-refractivity contribution in [2.45, 2.75) is 30.0 Å². The Balaban J connectivity index is 1.86. The van der Waals surface area contributed by atoms with Gasteiger partial charge in [0, 0.05) is 18.0 Å². The van der Waals surface area contributed by atoms with Crippen molar-refractivity contribution in [3.8, 4) is 0 Å². The maximum absolute atomic E-state index is 11.6. The molecule has 1 aliphatic carbocycles. The van der Waals surface area contributed by atoms with Gasteiger partial charge in [-0.25, -0.2) is 9.97 Å². The monoisotopic (exact) mass is 253 g/mol. The van der Waals surface area contributed by atoms with Crippen molar-refractivity contribution in [2.24, 2.45) is 0 Å². The molecule has 17 heavy (non-hydrogen) atoms. The summed E-state index contributed by atoms with van der Waals surface area (Å²) in [5.74, 6) is 0.415. The van der Waals surface area contributed by atoms with Crippen molar-refractivity contribution in [3.05, 3.63) is 18.6 Å². The zero-order valence-corrected chi connectivity index (χ0v) is 10.4. The Hall–Kier alpha value is -1.14. The zero-order chi connectivity index (χ0) is 12.1. The first-order valence-electron chi connectivity index (χ1n) is 5.52. The van der Waals surface area contributed by atoms with E-state index in [-0.39, 0.29) is 12.0 Å². The van der Waals surface area contributed by atoms with Gasteiger partial charge in [-0.05, 0) is 18.9 Å². The van der Waals surface area contributed by atoms with Crippen molar-refractivity contribution in [1.82, 2.24) is 15.3 Å². The van der Waals surface area contributed by atoms with Crippen LogP contribution in [0.1, 0.15) is 12.8 Å². The predicted molar refractivity (Wildman–Crippen MR) is 64.7 cm³/mol. The maximum Gasteiger partial charge on any atom is 0.323 e. The number of nitrogens with one attached hydrogen (secondary N) is 1. The standard InChI is InChI=1S/C11H15N3O2S/c1-16-11(15)9(14-8-2-3-8)6-17-10-4-5-12-7-13-10/h4-5,7-9,14H,2-3,6H2,1H3. The zero-order valence-electron chi connectivity index (χ0n) is 9.63. The van der Waals surface area contributed by atoms with Gasteiger partial charge in [0.15, 0.2) is 0 Å². The molecule has 1 saturated carbocycles. The van der Waals surface area contributed by atoms with Crippen LogP contribution >= 0.6 is 11.8 Å². The summed E-state index contributed by atoms with van der Waals surface area (Å²) in [6, 6.07) is 2.05. The van der Waals surface area contributed by atoms with E-state index < -0.39 is 0 Å². The summed E-state index contributed by atoms with van der Waals surface area (Å²) in [6.45, 7) is 0. The van der Waals surface area contributed by atoms with Crippen LogP contribution in [-0.4, -0.2) is 40.9 Å². The SMILES string of the molecule is COC(=O)C(CSc1ccncn1)NC1CC1. The molecule has 2 rings (SSSR count). The van der Waals surface area contributed by atoms with Gasteiger partial charge in [-0.2, -0.15) is 0 Å². The first-order valence-corrected chi connectivity index (χ1v) is 6.51. The summed E-state index contributed by atoms with van der Waals surface area (Å²) >= 11 is 1.53. The Morgan fingerprint density at radius 2 is 2.53 bits per heavy atom. The maximum atomic E-state index is 11.6. The number of carbonyl (C=O) groups is 1. The Morgan fingerprint density at radius 1 is 1.71 bits per heavy atom. The van der Waals surface area contributed by atoms with Gasteiger partial charge in [0.25, 0.3) is 0 Å². The van der Waals surface area contributed by atoms with Gasteiger partial charge < -0.3 is 10.1 Å². The number of hydrogen-bond donors (Lipinski definition) is 1. The van der Waals surface area contributed by atoms with Crippen molar-refractivity contribution in [3.63, 3.8) is 0 Å². The van der Waals surface area contributed by atoms with Gasteiger partial charge in [0.05, 0.1) is 12.1 Å². The number of hydrogen-bond acceptors (Lipinski definition) is 6. The van der Waals surface area contributed by atoms with E-state index in [1.165, 1.54) is 25.2 Å². The minimum atomic E-state index is -0.257. The molecule has 1 unspecified atom stereocenters. The highest BCUT2D eigenvalue weighted by molar-refractivity contribution is 7.99. The Bertz CT molecular complexity index is 370. The minimum absolute atomic E-state index is 0.210. The molecule has 1 N–H and O–H groups in total. The lowest BCUT2D eigenvalue weighted by molar-refractivity contribution is -0.142.